The molecule has 30 heavy (non-hydrogen) atoms. The van der Waals surface area contributed by atoms with Gasteiger partial charge in [0.25, 0.3) is 5.56 Å². The van der Waals surface area contributed by atoms with E-state index in [1.165, 1.54) is 17.4 Å². The molecule has 0 aliphatic carbocycles. The Kier molecular flexibility index (Phi) is 6.01. The zero-order valence-electron chi connectivity index (χ0n) is 16.3. The highest BCUT2D eigenvalue weighted by molar-refractivity contribution is 7.23. The van der Waals surface area contributed by atoms with E-state index in [1.807, 2.05) is 43.3 Å². The summed E-state index contributed by atoms with van der Waals surface area (Å²) >= 11 is 7.35. The van der Waals surface area contributed by atoms with Crippen LogP contribution in [-0.2, 0) is 16.1 Å². The number of aryl methyl sites for hydroxylation is 1. The van der Waals surface area contributed by atoms with Gasteiger partial charge in [-0.15, -0.1) is 0 Å². The van der Waals surface area contributed by atoms with Crippen molar-refractivity contribution < 1.29 is 14.3 Å². The van der Waals surface area contributed by atoms with Gasteiger partial charge in [-0.05, 0) is 49.2 Å². The number of benzene rings is 2. The van der Waals surface area contributed by atoms with Crippen LogP contribution in [0.5, 0.6) is 5.75 Å². The van der Waals surface area contributed by atoms with Crippen molar-refractivity contribution in [3.63, 3.8) is 0 Å². The highest BCUT2D eigenvalue weighted by Crippen LogP contribution is 2.24. The fourth-order valence-corrected chi connectivity index (χ4v) is 4.37. The summed E-state index contributed by atoms with van der Waals surface area (Å²) in [5.74, 6) is 0.388. The third-order valence-electron chi connectivity index (χ3n) is 4.55. The molecule has 4 rings (SSSR count). The molecule has 0 N–H and O–H groups in total. The number of thiazole rings is 1. The molecule has 0 unspecified atom stereocenters. The van der Waals surface area contributed by atoms with Crippen LogP contribution in [0.4, 0.5) is 0 Å². The molecule has 0 fully saturated rings. The van der Waals surface area contributed by atoms with Crippen LogP contribution in [0.3, 0.4) is 0 Å². The Balaban J connectivity index is 1.31. The minimum atomic E-state index is -0.357. The maximum absolute atomic E-state index is 12.5. The van der Waals surface area contributed by atoms with Crippen molar-refractivity contribution in [3.8, 4) is 5.75 Å². The van der Waals surface area contributed by atoms with E-state index in [1.54, 1.807) is 10.5 Å². The molecule has 154 valence electrons. The van der Waals surface area contributed by atoms with E-state index in [9.17, 15) is 9.59 Å². The molecule has 2 aromatic carbocycles. The smallest absolute Gasteiger partial charge is 0.306 e. The van der Waals surface area contributed by atoms with Crippen LogP contribution in [-0.4, -0.2) is 22.0 Å². The van der Waals surface area contributed by atoms with E-state index in [0.717, 1.165) is 21.5 Å². The summed E-state index contributed by atoms with van der Waals surface area (Å²) in [7, 11) is 0. The van der Waals surface area contributed by atoms with Crippen LogP contribution >= 0.6 is 22.9 Å². The second-order valence-corrected chi connectivity index (χ2v) is 8.24. The Morgan fingerprint density at radius 3 is 2.87 bits per heavy atom. The maximum atomic E-state index is 12.5. The van der Waals surface area contributed by atoms with Crippen LogP contribution in [0, 0.1) is 6.92 Å². The first-order chi connectivity index (χ1) is 14.5. The van der Waals surface area contributed by atoms with Gasteiger partial charge in [0.05, 0.1) is 22.5 Å². The second kappa shape index (κ2) is 8.85. The lowest BCUT2D eigenvalue weighted by atomic mass is 10.2. The van der Waals surface area contributed by atoms with Crippen molar-refractivity contribution in [2.24, 2.45) is 0 Å². The molecule has 0 saturated heterocycles. The summed E-state index contributed by atoms with van der Waals surface area (Å²) < 4.78 is 13.5. The Morgan fingerprint density at radius 1 is 1.20 bits per heavy atom. The van der Waals surface area contributed by atoms with Gasteiger partial charge in [-0.25, -0.2) is 4.98 Å². The number of carbonyl (C=O) groups excluding carboxylic acids is 1. The Bertz CT molecular complexity index is 1280. The van der Waals surface area contributed by atoms with Gasteiger partial charge in [0, 0.05) is 17.5 Å². The van der Waals surface area contributed by atoms with Crippen LogP contribution in [0.15, 0.2) is 53.3 Å². The predicted molar refractivity (Wildman–Crippen MR) is 118 cm³/mol. The fourth-order valence-electron chi connectivity index (χ4n) is 3.10. The molecule has 0 amide bonds. The number of ether oxygens (including phenoxy) is 2. The van der Waals surface area contributed by atoms with Crippen LogP contribution in [0.1, 0.15) is 24.1 Å². The van der Waals surface area contributed by atoms with Crippen LogP contribution in [0.2, 0.25) is 5.02 Å². The lowest BCUT2D eigenvalue weighted by Crippen LogP contribution is -2.15. The lowest BCUT2D eigenvalue weighted by Gasteiger charge is -2.09. The lowest BCUT2D eigenvalue weighted by molar-refractivity contribution is -0.145. The second-order valence-electron chi connectivity index (χ2n) is 6.80. The average molecular weight is 443 g/mol. The van der Waals surface area contributed by atoms with Gasteiger partial charge >= 0.3 is 5.97 Å². The Labute approximate surface area is 181 Å². The van der Waals surface area contributed by atoms with Crippen molar-refractivity contribution in [2.75, 3.05) is 6.61 Å². The van der Waals surface area contributed by atoms with Crippen molar-refractivity contribution in [3.05, 3.63) is 75.2 Å². The molecule has 6 nitrogen and oxygen atoms in total. The Hall–Kier alpha value is -2.90. The summed E-state index contributed by atoms with van der Waals surface area (Å²) in [4.78, 5) is 29.6. The number of rotatable bonds is 7. The highest BCUT2D eigenvalue weighted by atomic mass is 35.5. The number of aromatic nitrogens is 2. The molecule has 0 saturated carbocycles. The van der Waals surface area contributed by atoms with Gasteiger partial charge < -0.3 is 9.47 Å². The molecule has 0 bridgehead atoms. The standard InChI is InChI=1S/C22H19ClN2O4S/c1-14-11-15(23)8-9-18(14)28-10-4-7-21(27)29-13-16-12-20(26)25-17-5-2-3-6-19(17)30-22(25)24-16/h2-3,5-6,8-9,11-12H,4,7,10,13H2,1H3. The zero-order chi connectivity index (χ0) is 21.1. The van der Waals surface area contributed by atoms with Crippen molar-refractivity contribution in [1.82, 2.24) is 9.38 Å². The molecule has 0 aliphatic rings. The summed E-state index contributed by atoms with van der Waals surface area (Å²) in [5, 5.41) is 0.658. The number of fused-ring (bicyclic) bond motifs is 3. The first-order valence-electron chi connectivity index (χ1n) is 9.46. The Morgan fingerprint density at radius 2 is 2.03 bits per heavy atom. The fraction of sp³-hybridized carbons (Fsp3) is 0.227. The molecule has 2 heterocycles. The number of para-hydroxylation sites is 1. The number of esters is 1. The highest BCUT2D eigenvalue weighted by Gasteiger charge is 2.11. The molecule has 0 aliphatic heterocycles. The molecule has 8 heteroatoms. The van der Waals surface area contributed by atoms with Crippen molar-refractivity contribution in [2.45, 2.75) is 26.4 Å². The number of halogens is 1. The molecule has 0 radical (unpaired) electrons. The van der Waals surface area contributed by atoms with Gasteiger partial charge in [0.2, 0.25) is 0 Å². The van der Waals surface area contributed by atoms with E-state index in [2.05, 4.69) is 4.98 Å². The van der Waals surface area contributed by atoms with Gasteiger partial charge in [-0.1, -0.05) is 35.1 Å². The summed E-state index contributed by atoms with van der Waals surface area (Å²) in [6.07, 6.45) is 0.739. The maximum Gasteiger partial charge on any atom is 0.306 e. The van der Waals surface area contributed by atoms with E-state index < -0.39 is 0 Å². The zero-order valence-corrected chi connectivity index (χ0v) is 17.8. The van der Waals surface area contributed by atoms with Gasteiger partial charge in [-0.2, -0.15) is 0 Å². The number of hydrogen-bond acceptors (Lipinski definition) is 6. The summed E-state index contributed by atoms with van der Waals surface area (Å²) in [5.41, 5.74) is 2.02. The van der Waals surface area contributed by atoms with E-state index in [4.69, 9.17) is 21.1 Å². The largest absolute Gasteiger partial charge is 0.493 e. The summed E-state index contributed by atoms with van der Waals surface area (Å²) in [6.45, 7) is 2.28. The number of nitrogens with zero attached hydrogens (tertiary/aromatic N) is 2. The van der Waals surface area contributed by atoms with Crippen molar-refractivity contribution >= 4 is 44.1 Å². The molecular weight excluding hydrogens is 424 g/mol. The molecule has 4 aromatic rings. The number of hydrogen-bond donors (Lipinski definition) is 0. The topological polar surface area (TPSA) is 69.9 Å². The normalized spacial score (nSPS) is 11.1. The third-order valence-corrected chi connectivity index (χ3v) is 5.81. The SMILES string of the molecule is Cc1cc(Cl)ccc1OCCCC(=O)OCc1cc(=O)n2c(n1)sc1ccccc12. The third kappa shape index (κ3) is 4.47. The first kappa shape index (κ1) is 20.4. The van der Waals surface area contributed by atoms with E-state index in [0.29, 0.717) is 28.7 Å². The average Bonchev–Trinajstić information content (AvgIpc) is 3.10. The van der Waals surface area contributed by atoms with Crippen LogP contribution < -0.4 is 10.3 Å². The van der Waals surface area contributed by atoms with Gasteiger partial charge in [0.15, 0.2) is 4.96 Å². The molecule has 2 aromatic heterocycles. The minimum Gasteiger partial charge on any atom is -0.493 e. The van der Waals surface area contributed by atoms with Crippen molar-refractivity contribution in [1.29, 1.82) is 0 Å². The van der Waals surface area contributed by atoms with E-state index >= 15 is 0 Å². The summed E-state index contributed by atoms with van der Waals surface area (Å²) in [6, 6.07) is 14.4. The quantitative estimate of drug-likeness (QED) is 0.304. The first-order valence-corrected chi connectivity index (χ1v) is 10.7. The van der Waals surface area contributed by atoms with Crippen LogP contribution in [0.25, 0.3) is 15.2 Å². The predicted octanol–water partition coefficient (Wildman–Crippen LogP) is 4.77. The molecule has 0 spiro atoms. The van der Waals surface area contributed by atoms with E-state index in [-0.39, 0.29) is 24.6 Å². The molecule has 0 atom stereocenters. The number of carbonyl (C=O) groups is 1. The van der Waals surface area contributed by atoms with Gasteiger partial charge in [-0.3, -0.25) is 14.0 Å². The monoisotopic (exact) mass is 442 g/mol. The molecular formula is C22H19ClN2O4S. The van der Waals surface area contributed by atoms with Gasteiger partial charge in [0.1, 0.15) is 12.4 Å². The minimum absolute atomic E-state index is 0.0318.